The van der Waals surface area contributed by atoms with Gasteiger partial charge >= 0.3 is 0 Å². The summed E-state index contributed by atoms with van der Waals surface area (Å²) >= 11 is 0. The van der Waals surface area contributed by atoms with Gasteiger partial charge in [-0.2, -0.15) is 0 Å². The SMILES string of the molecule is CC(C)CCc1ccc(-c2ccnc(Nc3ccc(N4CCN(C)CC4)cc3)n2)cn1. The Morgan fingerprint density at radius 1 is 0.935 bits per heavy atom. The van der Waals surface area contributed by atoms with Gasteiger partial charge in [0.2, 0.25) is 5.95 Å². The van der Waals surface area contributed by atoms with Crippen LogP contribution in [0.15, 0.2) is 54.9 Å². The Morgan fingerprint density at radius 3 is 2.39 bits per heavy atom. The van der Waals surface area contributed by atoms with Gasteiger partial charge in [-0.1, -0.05) is 13.8 Å². The van der Waals surface area contributed by atoms with E-state index in [2.05, 4.69) is 87.4 Å². The molecule has 0 spiro atoms. The number of nitrogens with zero attached hydrogens (tertiary/aromatic N) is 5. The molecule has 31 heavy (non-hydrogen) atoms. The van der Waals surface area contributed by atoms with Gasteiger partial charge in [-0.3, -0.25) is 4.98 Å². The number of likely N-dealkylation sites (N-methyl/N-ethyl adjacent to an activating group) is 1. The molecule has 162 valence electrons. The lowest BCUT2D eigenvalue weighted by molar-refractivity contribution is 0.313. The second-order valence-corrected chi connectivity index (χ2v) is 8.70. The van der Waals surface area contributed by atoms with E-state index in [0.29, 0.717) is 11.9 Å². The molecule has 0 amide bonds. The summed E-state index contributed by atoms with van der Waals surface area (Å²) in [5, 5.41) is 3.33. The molecule has 1 aliphatic heterocycles. The van der Waals surface area contributed by atoms with Crippen molar-refractivity contribution in [1.82, 2.24) is 19.9 Å². The summed E-state index contributed by atoms with van der Waals surface area (Å²) < 4.78 is 0. The molecular weight excluding hydrogens is 384 g/mol. The van der Waals surface area contributed by atoms with Crippen LogP contribution in [0.1, 0.15) is 26.0 Å². The Balaban J connectivity index is 1.40. The number of rotatable bonds is 7. The molecule has 3 heterocycles. The first-order chi connectivity index (χ1) is 15.1. The van der Waals surface area contributed by atoms with Crippen molar-refractivity contribution in [1.29, 1.82) is 0 Å². The Kier molecular flexibility index (Phi) is 6.77. The quantitative estimate of drug-likeness (QED) is 0.606. The van der Waals surface area contributed by atoms with Crippen molar-refractivity contribution >= 4 is 17.3 Å². The van der Waals surface area contributed by atoms with Crippen molar-refractivity contribution in [2.24, 2.45) is 5.92 Å². The van der Waals surface area contributed by atoms with Crippen LogP contribution in [0.2, 0.25) is 0 Å². The average molecular weight is 417 g/mol. The molecule has 1 saturated heterocycles. The second-order valence-electron chi connectivity index (χ2n) is 8.70. The molecule has 0 unspecified atom stereocenters. The van der Waals surface area contributed by atoms with Gasteiger partial charge in [-0.25, -0.2) is 9.97 Å². The maximum atomic E-state index is 4.68. The molecular formula is C25H32N6. The molecule has 2 aromatic heterocycles. The van der Waals surface area contributed by atoms with Gasteiger partial charge in [0.1, 0.15) is 0 Å². The molecule has 1 fully saturated rings. The first-order valence-electron chi connectivity index (χ1n) is 11.2. The number of aryl methyl sites for hydroxylation is 1. The highest BCUT2D eigenvalue weighted by molar-refractivity contribution is 5.63. The third-order valence-corrected chi connectivity index (χ3v) is 5.75. The number of hydrogen-bond donors (Lipinski definition) is 1. The summed E-state index contributed by atoms with van der Waals surface area (Å²) in [6.45, 7) is 8.83. The summed E-state index contributed by atoms with van der Waals surface area (Å²) in [7, 11) is 2.18. The molecule has 0 aliphatic carbocycles. The highest BCUT2D eigenvalue weighted by atomic mass is 15.2. The van der Waals surface area contributed by atoms with E-state index in [0.717, 1.165) is 61.7 Å². The van der Waals surface area contributed by atoms with Crippen LogP contribution in [-0.2, 0) is 6.42 Å². The van der Waals surface area contributed by atoms with Gasteiger partial charge < -0.3 is 15.1 Å². The zero-order valence-corrected chi connectivity index (χ0v) is 18.8. The third-order valence-electron chi connectivity index (χ3n) is 5.75. The van der Waals surface area contributed by atoms with Crippen LogP contribution in [0.4, 0.5) is 17.3 Å². The van der Waals surface area contributed by atoms with Crippen molar-refractivity contribution in [2.45, 2.75) is 26.7 Å². The zero-order valence-electron chi connectivity index (χ0n) is 18.8. The van der Waals surface area contributed by atoms with E-state index >= 15 is 0 Å². The standard InChI is InChI=1S/C25H32N6/c1-19(2)4-6-21-7-5-20(18-27-21)24-12-13-26-25(29-24)28-22-8-10-23(11-9-22)31-16-14-30(3)15-17-31/h5,7-13,18-19H,4,6,14-17H2,1-3H3,(H,26,28,29). The Hall–Kier alpha value is -2.99. The fourth-order valence-electron chi connectivity index (χ4n) is 3.69. The Labute approximate surface area is 185 Å². The predicted molar refractivity (Wildman–Crippen MR) is 128 cm³/mol. The number of pyridine rings is 1. The van der Waals surface area contributed by atoms with Crippen molar-refractivity contribution in [3.63, 3.8) is 0 Å². The third kappa shape index (κ3) is 5.79. The largest absolute Gasteiger partial charge is 0.369 e. The molecule has 0 atom stereocenters. The van der Waals surface area contributed by atoms with Crippen LogP contribution in [0.25, 0.3) is 11.3 Å². The van der Waals surface area contributed by atoms with E-state index < -0.39 is 0 Å². The first-order valence-corrected chi connectivity index (χ1v) is 11.2. The number of benzene rings is 1. The molecule has 0 saturated carbocycles. The maximum absolute atomic E-state index is 4.68. The van der Waals surface area contributed by atoms with Crippen LogP contribution in [0.5, 0.6) is 0 Å². The number of piperazine rings is 1. The molecule has 0 bridgehead atoms. The maximum Gasteiger partial charge on any atom is 0.227 e. The minimum Gasteiger partial charge on any atom is -0.369 e. The minimum atomic E-state index is 0.591. The summed E-state index contributed by atoms with van der Waals surface area (Å²) in [5.74, 6) is 1.28. The molecule has 6 heteroatoms. The summed E-state index contributed by atoms with van der Waals surface area (Å²) in [6.07, 6.45) is 5.86. The van der Waals surface area contributed by atoms with Crippen molar-refractivity contribution in [3.8, 4) is 11.3 Å². The highest BCUT2D eigenvalue weighted by Gasteiger charge is 2.14. The van der Waals surface area contributed by atoms with E-state index in [1.165, 1.54) is 5.69 Å². The lowest BCUT2D eigenvalue weighted by Crippen LogP contribution is -2.44. The normalized spacial score (nSPS) is 14.8. The van der Waals surface area contributed by atoms with Crippen molar-refractivity contribution in [3.05, 3.63) is 60.6 Å². The van der Waals surface area contributed by atoms with E-state index in [1.54, 1.807) is 6.20 Å². The fraction of sp³-hybridized carbons (Fsp3) is 0.400. The minimum absolute atomic E-state index is 0.591. The summed E-state index contributed by atoms with van der Waals surface area (Å²) in [6, 6.07) is 14.6. The van der Waals surface area contributed by atoms with Gasteiger partial charge in [0.05, 0.1) is 5.69 Å². The van der Waals surface area contributed by atoms with E-state index in [4.69, 9.17) is 0 Å². The van der Waals surface area contributed by atoms with E-state index in [9.17, 15) is 0 Å². The average Bonchev–Trinajstić information content (AvgIpc) is 2.79. The van der Waals surface area contributed by atoms with Crippen LogP contribution < -0.4 is 10.2 Å². The smallest absolute Gasteiger partial charge is 0.227 e. The van der Waals surface area contributed by atoms with E-state index in [-0.39, 0.29) is 0 Å². The molecule has 1 aliphatic rings. The summed E-state index contributed by atoms with van der Waals surface area (Å²) in [5.41, 5.74) is 5.25. The van der Waals surface area contributed by atoms with Crippen LogP contribution in [-0.4, -0.2) is 53.1 Å². The number of aromatic nitrogens is 3. The molecule has 1 aromatic carbocycles. The Bertz CT molecular complexity index is 960. The fourth-order valence-corrected chi connectivity index (χ4v) is 3.69. The van der Waals surface area contributed by atoms with Crippen LogP contribution in [0.3, 0.4) is 0 Å². The topological polar surface area (TPSA) is 57.2 Å². The summed E-state index contributed by atoms with van der Waals surface area (Å²) in [4.78, 5) is 18.5. The van der Waals surface area contributed by atoms with Gasteiger partial charge in [0.15, 0.2) is 0 Å². The number of nitrogens with one attached hydrogen (secondary N) is 1. The molecule has 4 rings (SSSR count). The number of anilines is 3. The second kappa shape index (κ2) is 9.88. The van der Waals surface area contributed by atoms with Crippen LogP contribution in [0, 0.1) is 5.92 Å². The van der Waals surface area contributed by atoms with Gasteiger partial charge in [-0.05, 0) is 68.3 Å². The lowest BCUT2D eigenvalue weighted by Gasteiger charge is -2.34. The predicted octanol–water partition coefficient (Wildman–Crippen LogP) is 4.62. The molecule has 1 N–H and O–H groups in total. The van der Waals surface area contributed by atoms with Crippen LogP contribution >= 0.6 is 0 Å². The van der Waals surface area contributed by atoms with Crippen molar-refractivity contribution in [2.75, 3.05) is 43.4 Å². The monoisotopic (exact) mass is 416 g/mol. The highest BCUT2D eigenvalue weighted by Crippen LogP contribution is 2.22. The zero-order chi connectivity index (χ0) is 21.6. The lowest BCUT2D eigenvalue weighted by atomic mass is 10.1. The molecule has 0 radical (unpaired) electrons. The van der Waals surface area contributed by atoms with E-state index in [1.807, 2.05) is 12.3 Å². The van der Waals surface area contributed by atoms with Crippen molar-refractivity contribution < 1.29 is 0 Å². The van der Waals surface area contributed by atoms with Gasteiger partial charge in [-0.15, -0.1) is 0 Å². The van der Waals surface area contributed by atoms with Gasteiger partial charge in [0, 0.05) is 61.2 Å². The molecule has 6 nitrogen and oxygen atoms in total. The first kappa shape index (κ1) is 21.2. The molecule has 3 aromatic rings. The number of hydrogen-bond acceptors (Lipinski definition) is 6. The Morgan fingerprint density at radius 2 is 1.71 bits per heavy atom. The van der Waals surface area contributed by atoms with Gasteiger partial charge in [0.25, 0.3) is 0 Å².